The third-order valence-electron chi connectivity index (χ3n) is 6.89. The normalized spacial score (nSPS) is 12.5. The van der Waals surface area contributed by atoms with E-state index in [1.807, 2.05) is 48.5 Å². The van der Waals surface area contributed by atoms with Crippen LogP contribution in [0.15, 0.2) is 78.9 Å². The maximum Gasteiger partial charge on any atom is 0.198 e. The lowest BCUT2D eigenvalue weighted by molar-refractivity contribution is 0.409. The molecule has 0 fully saturated rings. The zero-order valence-corrected chi connectivity index (χ0v) is 20.5. The summed E-state index contributed by atoms with van der Waals surface area (Å²) < 4.78 is 56.3. The highest BCUT2D eigenvalue weighted by Gasteiger charge is 2.26. The molecule has 0 spiro atoms. The van der Waals surface area contributed by atoms with Crippen LogP contribution in [-0.4, -0.2) is 16.4 Å². The Morgan fingerprint density at radius 1 is 0.650 bits per heavy atom. The van der Waals surface area contributed by atoms with Crippen molar-refractivity contribution in [2.24, 2.45) is 0 Å². The molecular formula is C32H16F4N4. The number of aromatic nitrogens is 1. The Balaban J connectivity index is 1.49. The molecule has 0 unspecified atom stereocenters. The van der Waals surface area contributed by atoms with Crippen LogP contribution in [0.1, 0.15) is 16.7 Å². The molecule has 2 N–H and O–H groups in total. The first kappa shape index (κ1) is 24.9. The predicted octanol–water partition coefficient (Wildman–Crippen LogP) is 8.08. The van der Waals surface area contributed by atoms with Gasteiger partial charge in [0.1, 0.15) is 11.6 Å². The van der Waals surface area contributed by atoms with E-state index in [1.165, 1.54) is 18.2 Å². The number of hydrogen-bond acceptors (Lipinski definition) is 4. The minimum atomic E-state index is -2.03. The lowest BCUT2D eigenvalue weighted by atomic mass is 9.87. The number of halogens is 4. The number of nitrogens with zero attached hydrogens (tertiary/aromatic N) is 2. The van der Waals surface area contributed by atoms with E-state index in [1.54, 1.807) is 24.3 Å². The SMILES string of the molecule is N#Cc1c(F)c(F)c(F)c(F)c1-c1ccc(-c2ccc3c4c(c(-c5ccccc5)nc3c2)C=CC(=N)C4=N)cc1. The van der Waals surface area contributed by atoms with Crippen LogP contribution in [0.4, 0.5) is 17.6 Å². The van der Waals surface area contributed by atoms with Crippen molar-refractivity contribution in [3.8, 4) is 39.6 Å². The Labute approximate surface area is 225 Å². The van der Waals surface area contributed by atoms with Crippen molar-refractivity contribution in [1.29, 1.82) is 16.1 Å². The van der Waals surface area contributed by atoms with Gasteiger partial charge in [-0.25, -0.2) is 22.5 Å². The first-order chi connectivity index (χ1) is 19.3. The van der Waals surface area contributed by atoms with Crippen molar-refractivity contribution in [3.63, 3.8) is 0 Å². The molecule has 5 aromatic rings. The van der Waals surface area contributed by atoms with Crippen LogP contribution in [0.5, 0.6) is 0 Å². The molecule has 6 rings (SSSR count). The molecule has 192 valence electrons. The van der Waals surface area contributed by atoms with Gasteiger partial charge in [0.2, 0.25) is 0 Å². The quantitative estimate of drug-likeness (QED) is 0.140. The van der Waals surface area contributed by atoms with E-state index in [0.717, 1.165) is 16.7 Å². The monoisotopic (exact) mass is 532 g/mol. The standard InChI is InChI=1S/C32H16F4N4/c33-27-22(15-37)25(28(34)30(36)29(27)35)17-8-6-16(7-9-17)19-10-11-20-24(14-19)40-32(18-4-2-1-3-5-18)21-12-13-23(38)31(39)26(20)21/h1-14,38-39H. The summed E-state index contributed by atoms with van der Waals surface area (Å²) in [6.45, 7) is 0. The number of pyridine rings is 1. The molecule has 4 nitrogen and oxygen atoms in total. The van der Waals surface area contributed by atoms with E-state index in [4.69, 9.17) is 15.8 Å². The van der Waals surface area contributed by atoms with Crippen molar-refractivity contribution in [2.45, 2.75) is 0 Å². The first-order valence-electron chi connectivity index (χ1n) is 12.1. The highest BCUT2D eigenvalue weighted by Crippen LogP contribution is 2.37. The summed E-state index contributed by atoms with van der Waals surface area (Å²) in [4.78, 5) is 4.91. The maximum atomic E-state index is 14.6. The Morgan fingerprint density at radius 3 is 2.00 bits per heavy atom. The fourth-order valence-electron chi connectivity index (χ4n) is 4.93. The third kappa shape index (κ3) is 3.79. The molecule has 1 aliphatic rings. The van der Waals surface area contributed by atoms with Gasteiger partial charge in [0.25, 0.3) is 0 Å². The minimum absolute atomic E-state index is 0.00805. The van der Waals surface area contributed by atoms with Gasteiger partial charge < -0.3 is 0 Å². The van der Waals surface area contributed by atoms with Crippen LogP contribution in [0, 0.1) is 45.4 Å². The molecule has 1 aromatic heterocycles. The second kappa shape index (κ2) is 9.40. The summed E-state index contributed by atoms with van der Waals surface area (Å²) in [6.07, 6.45) is 3.38. The summed E-state index contributed by atoms with van der Waals surface area (Å²) in [7, 11) is 0. The molecule has 0 saturated heterocycles. The summed E-state index contributed by atoms with van der Waals surface area (Å²) in [6, 6.07) is 22.4. The topological polar surface area (TPSA) is 84.4 Å². The Bertz CT molecular complexity index is 1970. The van der Waals surface area contributed by atoms with Crippen molar-refractivity contribution in [2.75, 3.05) is 0 Å². The van der Waals surface area contributed by atoms with Gasteiger partial charge in [0, 0.05) is 27.6 Å². The number of rotatable bonds is 3. The Morgan fingerprint density at radius 2 is 1.30 bits per heavy atom. The lowest BCUT2D eigenvalue weighted by Gasteiger charge is -2.19. The molecule has 0 atom stereocenters. The third-order valence-corrected chi connectivity index (χ3v) is 6.89. The molecule has 4 aromatic carbocycles. The molecule has 40 heavy (non-hydrogen) atoms. The molecule has 8 heteroatoms. The second-order valence-electron chi connectivity index (χ2n) is 9.16. The highest BCUT2D eigenvalue weighted by molar-refractivity contribution is 6.54. The zero-order valence-electron chi connectivity index (χ0n) is 20.5. The smallest absolute Gasteiger partial charge is 0.198 e. The summed E-state index contributed by atoms with van der Waals surface area (Å²) in [5.74, 6) is -7.40. The largest absolute Gasteiger partial charge is 0.299 e. The molecule has 0 aliphatic heterocycles. The van der Waals surface area contributed by atoms with Crippen LogP contribution < -0.4 is 0 Å². The minimum Gasteiger partial charge on any atom is -0.299 e. The van der Waals surface area contributed by atoms with Gasteiger partial charge in [0.05, 0.1) is 22.6 Å². The van der Waals surface area contributed by atoms with E-state index in [0.29, 0.717) is 27.7 Å². The molecular weight excluding hydrogens is 516 g/mol. The average molecular weight is 533 g/mol. The Hall–Kier alpha value is -5.42. The number of nitrogens with one attached hydrogen (secondary N) is 2. The summed E-state index contributed by atoms with van der Waals surface area (Å²) in [5.41, 5.74) is 3.49. The van der Waals surface area contributed by atoms with Gasteiger partial charge in [-0.1, -0.05) is 66.7 Å². The number of hydrogen-bond donors (Lipinski definition) is 2. The van der Waals surface area contributed by atoms with E-state index in [-0.39, 0.29) is 17.0 Å². The molecule has 0 saturated carbocycles. The van der Waals surface area contributed by atoms with Crippen LogP contribution in [0.25, 0.3) is 50.5 Å². The molecule has 1 aliphatic carbocycles. The summed E-state index contributed by atoms with van der Waals surface area (Å²) in [5, 5.41) is 26.8. The van der Waals surface area contributed by atoms with Crippen LogP contribution >= 0.6 is 0 Å². The van der Waals surface area contributed by atoms with E-state index in [2.05, 4.69) is 0 Å². The number of fused-ring (bicyclic) bond motifs is 3. The fourth-order valence-corrected chi connectivity index (χ4v) is 4.93. The number of nitriles is 1. The van der Waals surface area contributed by atoms with E-state index < -0.39 is 34.4 Å². The average Bonchev–Trinajstić information content (AvgIpc) is 2.99. The van der Waals surface area contributed by atoms with Crippen molar-refractivity contribution >= 4 is 28.4 Å². The summed E-state index contributed by atoms with van der Waals surface area (Å²) >= 11 is 0. The molecule has 0 bridgehead atoms. The van der Waals surface area contributed by atoms with Crippen molar-refractivity contribution in [1.82, 2.24) is 4.98 Å². The predicted molar refractivity (Wildman–Crippen MR) is 146 cm³/mol. The van der Waals surface area contributed by atoms with Gasteiger partial charge in [-0.2, -0.15) is 5.26 Å². The highest BCUT2D eigenvalue weighted by atomic mass is 19.2. The van der Waals surface area contributed by atoms with Gasteiger partial charge >= 0.3 is 0 Å². The van der Waals surface area contributed by atoms with Gasteiger partial charge in [-0.15, -0.1) is 0 Å². The maximum absolute atomic E-state index is 14.6. The van der Waals surface area contributed by atoms with Crippen LogP contribution in [0.3, 0.4) is 0 Å². The molecule has 0 radical (unpaired) electrons. The van der Waals surface area contributed by atoms with Gasteiger partial charge in [-0.3, -0.25) is 10.8 Å². The van der Waals surface area contributed by atoms with Gasteiger partial charge in [-0.05, 0) is 34.9 Å². The first-order valence-corrected chi connectivity index (χ1v) is 12.1. The number of allylic oxidation sites excluding steroid dienone is 1. The molecule has 0 amide bonds. The Kier molecular flexibility index (Phi) is 5.85. The number of benzene rings is 4. The van der Waals surface area contributed by atoms with E-state index in [9.17, 15) is 22.8 Å². The zero-order chi connectivity index (χ0) is 28.1. The van der Waals surface area contributed by atoms with Crippen molar-refractivity contribution in [3.05, 3.63) is 119 Å². The second-order valence-corrected chi connectivity index (χ2v) is 9.16. The molecule has 1 heterocycles. The van der Waals surface area contributed by atoms with Crippen LogP contribution in [-0.2, 0) is 0 Å². The van der Waals surface area contributed by atoms with Crippen molar-refractivity contribution < 1.29 is 17.6 Å². The fraction of sp³-hybridized carbons (Fsp3) is 0. The lowest BCUT2D eigenvalue weighted by Crippen LogP contribution is -2.17. The van der Waals surface area contributed by atoms with Gasteiger partial charge in [0.15, 0.2) is 23.3 Å². The van der Waals surface area contributed by atoms with E-state index >= 15 is 0 Å². The van der Waals surface area contributed by atoms with Crippen LogP contribution in [0.2, 0.25) is 0 Å².